The largest absolute Gasteiger partial charge is 0.462 e. The highest BCUT2D eigenvalue weighted by Crippen LogP contribution is 2.17. The first kappa shape index (κ1) is 23.7. The van der Waals surface area contributed by atoms with Crippen LogP contribution in [0.2, 0.25) is 0 Å². The SMILES string of the molecule is CC.CC.CC(C)(C)OC=O.CCn1[nH]c(=O)c2c1CCCC2. The summed E-state index contributed by atoms with van der Waals surface area (Å²) in [5, 5.41) is 2.87. The molecule has 1 aliphatic carbocycles. The zero-order valence-corrected chi connectivity index (χ0v) is 16.3. The summed E-state index contributed by atoms with van der Waals surface area (Å²) in [6, 6.07) is 0. The Balaban J connectivity index is 0. The molecule has 1 aliphatic rings. The number of carbonyl (C=O) groups excluding carboxylic acids is 1. The summed E-state index contributed by atoms with van der Waals surface area (Å²) in [5.41, 5.74) is 2.09. The predicted molar refractivity (Wildman–Crippen MR) is 97.0 cm³/mol. The summed E-state index contributed by atoms with van der Waals surface area (Å²) in [4.78, 5) is 21.0. The van der Waals surface area contributed by atoms with Crippen molar-refractivity contribution in [2.45, 2.75) is 93.2 Å². The molecule has 5 nitrogen and oxygen atoms in total. The number of aromatic amines is 1. The summed E-state index contributed by atoms with van der Waals surface area (Å²) in [6.45, 7) is 16.9. The smallest absolute Gasteiger partial charge is 0.293 e. The molecule has 5 heteroatoms. The monoisotopic (exact) mass is 328 g/mol. The van der Waals surface area contributed by atoms with Gasteiger partial charge in [0.05, 0.1) is 0 Å². The third-order valence-corrected chi connectivity index (χ3v) is 2.99. The fourth-order valence-electron chi connectivity index (χ4n) is 2.10. The van der Waals surface area contributed by atoms with Crippen LogP contribution in [0.3, 0.4) is 0 Å². The highest BCUT2D eigenvalue weighted by Gasteiger charge is 2.16. The lowest BCUT2D eigenvalue weighted by Gasteiger charge is -2.14. The molecule has 1 N–H and O–H groups in total. The van der Waals surface area contributed by atoms with Crippen molar-refractivity contribution in [2.24, 2.45) is 0 Å². The molecule has 0 unspecified atom stereocenters. The second-order valence-electron chi connectivity index (χ2n) is 5.64. The molecule has 0 bridgehead atoms. The van der Waals surface area contributed by atoms with Gasteiger partial charge >= 0.3 is 0 Å². The van der Waals surface area contributed by atoms with Gasteiger partial charge in [-0.05, 0) is 53.4 Å². The Kier molecular flexibility index (Phi) is 13.4. The Hall–Kier alpha value is -1.52. The maximum absolute atomic E-state index is 11.4. The maximum atomic E-state index is 11.4. The van der Waals surface area contributed by atoms with E-state index < -0.39 is 0 Å². The lowest BCUT2D eigenvalue weighted by Crippen LogP contribution is -2.17. The van der Waals surface area contributed by atoms with Gasteiger partial charge in [-0.2, -0.15) is 0 Å². The summed E-state index contributed by atoms with van der Waals surface area (Å²) < 4.78 is 6.53. The number of aromatic nitrogens is 2. The van der Waals surface area contributed by atoms with Crippen molar-refractivity contribution in [1.82, 2.24) is 9.78 Å². The molecule has 0 saturated heterocycles. The second kappa shape index (κ2) is 13.0. The van der Waals surface area contributed by atoms with Crippen LogP contribution in [0.15, 0.2) is 4.79 Å². The van der Waals surface area contributed by atoms with Crippen molar-refractivity contribution < 1.29 is 9.53 Å². The normalized spacial score (nSPS) is 12.2. The fraction of sp³-hybridized carbons (Fsp3) is 0.778. The van der Waals surface area contributed by atoms with E-state index in [0.29, 0.717) is 6.47 Å². The van der Waals surface area contributed by atoms with Crippen LogP contribution in [0.5, 0.6) is 0 Å². The third kappa shape index (κ3) is 9.26. The molecule has 0 aromatic carbocycles. The van der Waals surface area contributed by atoms with Gasteiger partial charge in [-0.25, -0.2) is 0 Å². The van der Waals surface area contributed by atoms with Crippen molar-refractivity contribution in [1.29, 1.82) is 0 Å². The van der Waals surface area contributed by atoms with Gasteiger partial charge in [0.1, 0.15) is 5.60 Å². The van der Waals surface area contributed by atoms with Crippen LogP contribution in [-0.4, -0.2) is 21.9 Å². The molecule has 0 saturated carbocycles. The first-order valence-corrected chi connectivity index (χ1v) is 8.81. The number of carbonyl (C=O) groups is 1. The van der Waals surface area contributed by atoms with E-state index in [2.05, 4.69) is 16.8 Å². The number of hydrogen-bond donors (Lipinski definition) is 1. The Morgan fingerprint density at radius 2 is 1.65 bits per heavy atom. The molecule has 1 heterocycles. The van der Waals surface area contributed by atoms with Crippen molar-refractivity contribution >= 4 is 6.47 Å². The molecule has 0 fully saturated rings. The van der Waals surface area contributed by atoms with E-state index in [1.807, 2.05) is 53.1 Å². The first-order valence-electron chi connectivity index (χ1n) is 8.81. The van der Waals surface area contributed by atoms with Crippen LogP contribution in [0, 0.1) is 0 Å². The fourth-order valence-corrected chi connectivity index (χ4v) is 2.10. The molecular weight excluding hydrogens is 292 g/mol. The summed E-state index contributed by atoms with van der Waals surface area (Å²) >= 11 is 0. The number of fused-ring (bicyclic) bond motifs is 1. The lowest BCUT2D eigenvalue weighted by molar-refractivity contribution is -0.138. The minimum Gasteiger partial charge on any atom is -0.462 e. The standard InChI is InChI=1S/C9H14N2O.C5H10O2.2C2H6/c1-2-11-8-6-4-3-5-7(8)9(12)10-11;1-5(2,3)7-4-6;2*1-2/h2-6H2,1H3,(H,10,12);4H,1-3H3;2*1-2H3. The van der Waals surface area contributed by atoms with Crippen molar-refractivity contribution in [3.8, 4) is 0 Å². The van der Waals surface area contributed by atoms with Gasteiger partial charge in [0.25, 0.3) is 12.0 Å². The third-order valence-electron chi connectivity index (χ3n) is 2.99. The van der Waals surface area contributed by atoms with E-state index in [9.17, 15) is 9.59 Å². The number of rotatable bonds is 2. The topological polar surface area (TPSA) is 64.1 Å². The molecule has 2 rings (SSSR count). The van der Waals surface area contributed by atoms with Crippen molar-refractivity contribution in [2.75, 3.05) is 0 Å². The minimum atomic E-state index is -0.318. The maximum Gasteiger partial charge on any atom is 0.293 e. The van der Waals surface area contributed by atoms with Gasteiger partial charge < -0.3 is 4.74 Å². The van der Waals surface area contributed by atoms with Crippen LogP contribution in [0.25, 0.3) is 0 Å². The van der Waals surface area contributed by atoms with Gasteiger partial charge in [0, 0.05) is 17.8 Å². The van der Waals surface area contributed by atoms with E-state index >= 15 is 0 Å². The van der Waals surface area contributed by atoms with E-state index in [-0.39, 0.29) is 11.2 Å². The molecule has 0 spiro atoms. The molecular formula is C18H36N2O3. The highest BCUT2D eigenvalue weighted by atomic mass is 16.5. The Morgan fingerprint density at radius 3 is 2.04 bits per heavy atom. The zero-order chi connectivity index (χ0) is 18.5. The van der Waals surface area contributed by atoms with Crippen LogP contribution >= 0.6 is 0 Å². The van der Waals surface area contributed by atoms with E-state index in [0.717, 1.165) is 24.9 Å². The number of ether oxygens (including phenoxy) is 1. The predicted octanol–water partition coefficient (Wildman–Crippen LogP) is 4.09. The Morgan fingerprint density at radius 1 is 1.13 bits per heavy atom. The van der Waals surface area contributed by atoms with Crippen molar-refractivity contribution in [3.63, 3.8) is 0 Å². The van der Waals surface area contributed by atoms with Gasteiger partial charge in [-0.15, -0.1) is 0 Å². The number of aryl methyl sites for hydroxylation is 1. The van der Waals surface area contributed by atoms with Crippen LogP contribution < -0.4 is 5.56 Å². The van der Waals surface area contributed by atoms with E-state index in [4.69, 9.17) is 0 Å². The number of H-pyrrole nitrogens is 1. The molecule has 23 heavy (non-hydrogen) atoms. The van der Waals surface area contributed by atoms with Gasteiger partial charge in [0.15, 0.2) is 0 Å². The molecule has 136 valence electrons. The van der Waals surface area contributed by atoms with Crippen molar-refractivity contribution in [3.05, 3.63) is 21.6 Å². The average molecular weight is 328 g/mol. The van der Waals surface area contributed by atoms with Crippen LogP contribution in [0.1, 0.15) is 79.5 Å². The number of hydrogen-bond acceptors (Lipinski definition) is 3. The quantitative estimate of drug-likeness (QED) is 0.832. The second-order valence-corrected chi connectivity index (χ2v) is 5.64. The highest BCUT2D eigenvalue weighted by molar-refractivity contribution is 5.37. The van der Waals surface area contributed by atoms with Gasteiger partial charge in [-0.3, -0.25) is 19.4 Å². The first-order chi connectivity index (χ1) is 10.9. The van der Waals surface area contributed by atoms with Gasteiger partial charge in [-0.1, -0.05) is 27.7 Å². The van der Waals surface area contributed by atoms with Crippen LogP contribution in [0.4, 0.5) is 0 Å². The van der Waals surface area contributed by atoms with Gasteiger partial charge in [0.2, 0.25) is 0 Å². The minimum absolute atomic E-state index is 0.131. The molecule has 0 atom stereocenters. The Labute approximate surface area is 141 Å². The molecule has 0 aliphatic heterocycles. The molecule has 1 aromatic rings. The molecule has 0 radical (unpaired) electrons. The summed E-state index contributed by atoms with van der Waals surface area (Å²) in [6.07, 6.45) is 4.44. The average Bonchev–Trinajstić information content (AvgIpc) is 2.88. The summed E-state index contributed by atoms with van der Waals surface area (Å²) in [7, 11) is 0. The van der Waals surface area contributed by atoms with E-state index in [1.54, 1.807) is 0 Å². The molecule has 0 amide bonds. The zero-order valence-electron chi connectivity index (χ0n) is 16.3. The Bertz CT molecular complexity index is 468. The number of nitrogens with zero attached hydrogens (tertiary/aromatic N) is 1. The lowest BCUT2D eigenvalue weighted by atomic mass is 9.98. The summed E-state index contributed by atoms with van der Waals surface area (Å²) in [5.74, 6) is 0. The van der Waals surface area contributed by atoms with Crippen LogP contribution in [-0.2, 0) is 28.9 Å². The molecule has 1 aromatic heterocycles. The van der Waals surface area contributed by atoms with E-state index in [1.165, 1.54) is 18.5 Å². The number of nitrogens with one attached hydrogen (secondary N) is 1.